The van der Waals surface area contributed by atoms with Crippen molar-refractivity contribution in [3.63, 3.8) is 0 Å². The lowest BCUT2D eigenvalue weighted by Gasteiger charge is -2.16. The van der Waals surface area contributed by atoms with Crippen LogP contribution >= 0.6 is 11.3 Å². The van der Waals surface area contributed by atoms with Gasteiger partial charge in [0.15, 0.2) is 0 Å². The molecule has 0 saturated carbocycles. The molecule has 0 radical (unpaired) electrons. The Hall–Kier alpha value is -1.65. The molecule has 1 N–H and O–H groups in total. The molecule has 1 atom stereocenters. The molecule has 19 heavy (non-hydrogen) atoms. The zero-order valence-corrected chi connectivity index (χ0v) is 11.9. The van der Waals surface area contributed by atoms with Gasteiger partial charge in [0.1, 0.15) is 5.82 Å². The summed E-state index contributed by atoms with van der Waals surface area (Å²) in [6, 6.07) is 8.68. The van der Waals surface area contributed by atoms with Crippen LogP contribution in [0.25, 0.3) is 10.1 Å². The van der Waals surface area contributed by atoms with E-state index in [0.717, 1.165) is 12.4 Å². The van der Waals surface area contributed by atoms with E-state index in [1.165, 1.54) is 15.6 Å². The first-order valence-corrected chi connectivity index (χ1v) is 7.37. The van der Waals surface area contributed by atoms with Gasteiger partial charge < -0.3 is 9.88 Å². The Balaban J connectivity index is 2.12. The number of nitrogens with one attached hydrogen (secondary N) is 1. The van der Waals surface area contributed by atoms with Crippen molar-refractivity contribution in [3.8, 4) is 0 Å². The average Bonchev–Trinajstić information content (AvgIpc) is 3.07. The van der Waals surface area contributed by atoms with Gasteiger partial charge in [-0.05, 0) is 36.4 Å². The van der Waals surface area contributed by atoms with Crippen LogP contribution in [0.3, 0.4) is 0 Å². The van der Waals surface area contributed by atoms with E-state index in [4.69, 9.17) is 0 Å². The molecular formula is C15H17N3S. The molecule has 0 spiro atoms. The van der Waals surface area contributed by atoms with E-state index in [1.807, 2.05) is 19.4 Å². The number of fused-ring (bicyclic) bond motifs is 1. The highest BCUT2D eigenvalue weighted by Gasteiger charge is 2.20. The maximum Gasteiger partial charge on any atom is 0.130 e. The largest absolute Gasteiger partial charge is 0.334 e. The highest BCUT2D eigenvalue weighted by molar-refractivity contribution is 7.17. The zero-order valence-electron chi connectivity index (χ0n) is 11.1. The number of benzene rings is 1. The van der Waals surface area contributed by atoms with Crippen molar-refractivity contribution in [1.29, 1.82) is 0 Å². The summed E-state index contributed by atoms with van der Waals surface area (Å²) in [4.78, 5) is 4.53. The minimum Gasteiger partial charge on any atom is -0.334 e. The van der Waals surface area contributed by atoms with Crippen molar-refractivity contribution in [2.75, 3.05) is 7.05 Å². The number of imidazole rings is 1. The quantitative estimate of drug-likeness (QED) is 0.788. The smallest absolute Gasteiger partial charge is 0.130 e. The third kappa shape index (κ3) is 2.07. The fraction of sp³-hybridized carbons (Fsp3) is 0.267. The lowest BCUT2D eigenvalue weighted by Crippen LogP contribution is -2.21. The summed E-state index contributed by atoms with van der Waals surface area (Å²) < 4.78 is 3.51. The van der Waals surface area contributed by atoms with Crippen molar-refractivity contribution >= 4 is 21.4 Å². The molecule has 0 bridgehead atoms. The molecule has 0 fully saturated rings. The van der Waals surface area contributed by atoms with Crippen LogP contribution in [0.2, 0.25) is 0 Å². The van der Waals surface area contributed by atoms with Gasteiger partial charge in [-0.2, -0.15) is 0 Å². The van der Waals surface area contributed by atoms with Gasteiger partial charge in [-0.15, -0.1) is 11.3 Å². The molecular weight excluding hydrogens is 254 g/mol. The molecule has 3 rings (SSSR count). The predicted molar refractivity (Wildman–Crippen MR) is 80.6 cm³/mol. The monoisotopic (exact) mass is 271 g/mol. The van der Waals surface area contributed by atoms with Gasteiger partial charge >= 0.3 is 0 Å². The second-order valence-corrected chi connectivity index (χ2v) is 5.39. The van der Waals surface area contributed by atoms with Crippen LogP contribution in [0, 0.1) is 0 Å². The van der Waals surface area contributed by atoms with E-state index >= 15 is 0 Å². The van der Waals surface area contributed by atoms with E-state index in [1.54, 1.807) is 11.3 Å². The Morgan fingerprint density at radius 2 is 2.21 bits per heavy atom. The maximum absolute atomic E-state index is 4.53. The van der Waals surface area contributed by atoms with Crippen molar-refractivity contribution in [1.82, 2.24) is 14.9 Å². The van der Waals surface area contributed by atoms with Gasteiger partial charge in [0, 0.05) is 23.6 Å². The molecule has 0 aliphatic carbocycles. The van der Waals surface area contributed by atoms with Crippen LogP contribution in [0.1, 0.15) is 24.4 Å². The Labute approximate surface area is 116 Å². The summed E-state index contributed by atoms with van der Waals surface area (Å²) in [6.07, 6.45) is 3.91. The Morgan fingerprint density at radius 3 is 3.00 bits per heavy atom. The first-order valence-electron chi connectivity index (χ1n) is 6.49. The normalized spacial score (nSPS) is 12.9. The van der Waals surface area contributed by atoms with Crippen LogP contribution in [0.4, 0.5) is 0 Å². The second-order valence-electron chi connectivity index (χ2n) is 4.48. The summed E-state index contributed by atoms with van der Waals surface area (Å²) in [7, 11) is 1.99. The van der Waals surface area contributed by atoms with Crippen LogP contribution < -0.4 is 5.32 Å². The van der Waals surface area contributed by atoms with Crippen LogP contribution in [0.5, 0.6) is 0 Å². The number of rotatable bonds is 4. The van der Waals surface area contributed by atoms with Crippen LogP contribution in [-0.2, 0) is 6.54 Å². The minimum atomic E-state index is 0.145. The zero-order chi connectivity index (χ0) is 13.2. The second kappa shape index (κ2) is 5.15. The van der Waals surface area contributed by atoms with Gasteiger partial charge in [0.2, 0.25) is 0 Å². The maximum atomic E-state index is 4.53. The molecule has 3 aromatic rings. The summed E-state index contributed by atoms with van der Waals surface area (Å²) >= 11 is 1.79. The van der Waals surface area contributed by atoms with Gasteiger partial charge in [-0.25, -0.2) is 4.98 Å². The third-order valence-corrected chi connectivity index (χ3v) is 4.44. The van der Waals surface area contributed by atoms with E-state index < -0.39 is 0 Å². The molecule has 2 aromatic heterocycles. The summed E-state index contributed by atoms with van der Waals surface area (Å²) in [5.74, 6) is 1.08. The number of aryl methyl sites for hydroxylation is 1. The van der Waals surface area contributed by atoms with Crippen LogP contribution in [-0.4, -0.2) is 16.6 Å². The van der Waals surface area contributed by atoms with E-state index in [9.17, 15) is 0 Å². The molecule has 3 nitrogen and oxygen atoms in total. The number of hydrogen-bond acceptors (Lipinski definition) is 3. The van der Waals surface area contributed by atoms with Gasteiger partial charge in [-0.3, -0.25) is 0 Å². The first-order chi connectivity index (χ1) is 9.35. The number of thiophene rings is 1. The molecule has 0 aliphatic heterocycles. The van der Waals surface area contributed by atoms with E-state index in [2.05, 4.69) is 51.4 Å². The molecule has 1 unspecified atom stereocenters. The number of nitrogens with zero attached hydrogens (tertiary/aromatic N) is 2. The Kier molecular flexibility index (Phi) is 3.36. The molecule has 2 heterocycles. The van der Waals surface area contributed by atoms with Gasteiger partial charge in [0.05, 0.1) is 6.04 Å². The molecule has 98 valence electrons. The number of aromatic nitrogens is 2. The third-order valence-electron chi connectivity index (χ3n) is 3.46. The SMILES string of the molecule is CCn1ccnc1C(NC)c1csc2ccccc12. The lowest BCUT2D eigenvalue weighted by atomic mass is 10.1. The first kappa shape index (κ1) is 12.4. The molecule has 0 amide bonds. The molecule has 1 aromatic carbocycles. The van der Waals surface area contributed by atoms with E-state index in [-0.39, 0.29) is 6.04 Å². The summed E-state index contributed by atoms with van der Waals surface area (Å²) in [6.45, 7) is 3.08. The van der Waals surface area contributed by atoms with Gasteiger partial charge in [0.25, 0.3) is 0 Å². The van der Waals surface area contributed by atoms with Crippen molar-refractivity contribution < 1.29 is 0 Å². The molecule has 0 aliphatic rings. The van der Waals surface area contributed by atoms with Crippen molar-refractivity contribution in [2.24, 2.45) is 0 Å². The standard InChI is InChI=1S/C15H17N3S/c1-3-18-9-8-17-15(18)14(16-2)12-10-19-13-7-5-4-6-11(12)13/h4-10,14,16H,3H2,1-2H3. The number of hydrogen-bond donors (Lipinski definition) is 1. The van der Waals surface area contributed by atoms with Crippen LogP contribution in [0.15, 0.2) is 42.0 Å². The highest BCUT2D eigenvalue weighted by Crippen LogP contribution is 2.32. The lowest BCUT2D eigenvalue weighted by molar-refractivity contribution is 0.594. The predicted octanol–water partition coefficient (Wildman–Crippen LogP) is 3.43. The van der Waals surface area contributed by atoms with E-state index in [0.29, 0.717) is 0 Å². The molecule has 4 heteroatoms. The Bertz CT molecular complexity index is 683. The highest BCUT2D eigenvalue weighted by atomic mass is 32.1. The summed E-state index contributed by atoms with van der Waals surface area (Å²) in [5, 5.41) is 6.95. The van der Waals surface area contributed by atoms with Crippen molar-refractivity contribution in [3.05, 3.63) is 53.4 Å². The van der Waals surface area contributed by atoms with Crippen molar-refractivity contribution in [2.45, 2.75) is 19.5 Å². The summed E-state index contributed by atoms with van der Waals surface area (Å²) in [5.41, 5.74) is 1.31. The van der Waals surface area contributed by atoms with Gasteiger partial charge in [-0.1, -0.05) is 18.2 Å². The topological polar surface area (TPSA) is 29.9 Å². The minimum absolute atomic E-state index is 0.145. The Morgan fingerprint density at radius 1 is 1.37 bits per heavy atom. The average molecular weight is 271 g/mol. The fourth-order valence-corrected chi connectivity index (χ4v) is 3.48. The fourth-order valence-electron chi connectivity index (χ4n) is 2.49. The molecule has 0 saturated heterocycles.